The van der Waals surface area contributed by atoms with E-state index in [0.29, 0.717) is 33.7 Å². The molecule has 0 aliphatic heterocycles. The van der Waals surface area contributed by atoms with Crippen molar-refractivity contribution in [1.82, 2.24) is 9.55 Å². The summed E-state index contributed by atoms with van der Waals surface area (Å²) in [5, 5.41) is 3.26. The van der Waals surface area contributed by atoms with Gasteiger partial charge in [0.1, 0.15) is 5.82 Å². The van der Waals surface area contributed by atoms with Crippen LogP contribution in [0, 0.1) is 25.6 Å². The van der Waals surface area contributed by atoms with Crippen LogP contribution in [-0.4, -0.2) is 9.55 Å². The molecule has 0 amide bonds. The minimum absolute atomic E-state index is 0.0506. The maximum Gasteiger partial charge on any atom is 0.270 e. The number of nitrogens with one attached hydrogen (secondary N) is 1. The van der Waals surface area contributed by atoms with Crippen molar-refractivity contribution in [3.63, 3.8) is 0 Å². The monoisotopic (exact) mass is 579 g/mol. The lowest BCUT2D eigenvalue weighted by atomic mass is 10.0. The van der Waals surface area contributed by atoms with Crippen molar-refractivity contribution in [2.75, 3.05) is 5.32 Å². The summed E-state index contributed by atoms with van der Waals surface area (Å²) in [4.78, 5) is 4.57. The first-order valence-corrected chi connectivity index (χ1v) is 14.1. The summed E-state index contributed by atoms with van der Waals surface area (Å²) >= 11 is 0. The maximum absolute atomic E-state index is 14.6. The third kappa shape index (κ3) is 11.0. The van der Waals surface area contributed by atoms with Crippen LogP contribution in [0.4, 0.5) is 24.8 Å². The van der Waals surface area contributed by atoms with Crippen LogP contribution in [0.5, 0.6) is 0 Å². The Morgan fingerprint density at radius 1 is 0.929 bits per heavy atom. The minimum atomic E-state index is -2.99. The number of anilines is 2. The van der Waals surface area contributed by atoms with Gasteiger partial charge in [-0.15, -0.1) is 26.0 Å². The highest BCUT2D eigenvalue weighted by atomic mass is 19.3. The molecule has 3 nitrogen and oxygen atoms in total. The molecule has 228 valence electrons. The van der Waals surface area contributed by atoms with E-state index >= 15 is 0 Å². The zero-order chi connectivity index (χ0) is 33.0. The standard InChI is InChI=1S/C26H24F3N3.3C2H6.C2H4.C2H2/c1-16(2)20-13-24-23(14-22(20)27)31-25(30-19-11-9-17(3)10-12-19)32(24)15-18-7-5-6-8-21(18)26(4,28)29;5*1-2/h5-14H,1,15H2,2-4H3,(H,30,31);3*1-2H3;1-2H2;1-2H. The number of halogens is 3. The number of fused-ring (bicyclic) bond motifs is 1. The van der Waals surface area contributed by atoms with Gasteiger partial charge in [-0.1, -0.05) is 90.1 Å². The lowest BCUT2D eigenvalue weighted by Crippen LogP contribution is -2.14. The third-order valence-corrected chi connectivity index (χ3v) is 5.42. The number of alkyl halides is 2. The Bertz CT molecular complexity index is 1360. The summed E-state index contributed by atoms with van der Waals surface area (Å²) in [7, 11) is 0. The fourth-order valence-corrected chi connectivity index (χ4v) is 3.75. The molecule has 3 aromatic carbocycles. The van der Waals surface area contributed by atoms with E-state index in [1.807, 2.05) is 72.7 Å². The normalized spacial score (nSPS) is 9.48. The van der Waals surface area contributed by atoms with Gasteiger partial charge in [0, 0.05) is 29.8 Å². The molecule has 0 aliphatic carbocycles. The number of aryl methyl sites for hydroxylation is 1. The number of hydrogen-bond acceptors (Lipinski definition) is 2. The predicted octanol–water partition coefficient (Wildman–Crippen LogP) is 11.6. The molecule has 0 saturated carbocycles. The number of aromatic nitrogens is 2. The number of nitrogens with zero attached hydrogens (tertiary/aromatic N) is 2. The van der Waals surface area contributed by atoms with Gasteiger partial charge < -0.3 is 9.88 Å². The van der Waals surface area contributed by atoms with Crippen LogP contribution >= 0.6 is 0 Å². The van der Waals surface area contributed by atoms with Gasteiger partial charge in [0.2, 0.25) is 5.95 Å². The quantitative estimate of drug-likeness (QED) is 0.182. The lowest BCUT2D eigenvalue weighted by molar-refractivity contribution is 0.0165. The second-order valence-electron chi connectivity index (χ2n) is 8.16. The first-order chi connectivity index (χ1) is 20.1. The minimum Gasteiger partial charge on any atom is -0.326 e. The Labute approximate surface area is 252 Å². The molecule has 0 unspecified atom stereocenters. The van der Waals surface area contributed by atoms with Crippen molar-refractivity contribution < 1.29 is 13.2 Å². The average Bonchev–Trinajstić information content (AvgIpc) is 3.33. The highest BCUT2D eigenvalue weighted by Gasteiger charge is 2.28. The molecule has 1 heterocycles. The van der Waals surface area contributed by atoms with E-state index in [4.69, 9.17) is 0 Å². The zero-order valence-corrected chi connectivity index (χ0v) is 26.8. The molecule has 1 aromatic heterocycles. The Morgan fingerprint density at radius 2 is 1.45 bits per heavy atom. The van der Waals surface area contributed by atoms with E-state index in [9.17, 15) is 13.2 Å². The van der Waals surface area contributed by atoms with Crippen molar-refractivity contribution in [3.05, 3.63) is 108 Å². The predicted molar refractivity (Wildman–Crippen MR) is 179 cm³/mol. The molecule has 4 aromatic rings. The van der Waals surface area contributed by atoms with Crippen molar-refractivity contribution in [2.45, 2.75) is 74.8 Å². The largest absolute Gasteiger partial charge is 0.326 e. The Morgan fingerprint density at radius 3 is 1.95 bits per heavy atom. The smallest absolute Gasteiger partial charge is 0.270 e. The van der Waals surface area contributed by atoms with Crippen LogP contribution in [0.2, 0.25) is 0 Å². The molecule has 0 spiro atoms. The van der Waals surface area contributed by atoms with Crippen molar-refractivity contribution in [1.29, 1.82) is 0 Å². The van der Waals surface area contributed by atoms with Gasteiger partial charge in [0.25, 0.3) is 5.92 Å². The SMILES string of the molecule is C#C.C=C.C=C(C)c1cc2c(cc1F)nc(Nc1ccc(C)cc1)n2Cc1ccccc1C(C)(F)F.CC.CC.CC. The molecule has 42 heavy (non-hydrogen) atoms. The van der Waals surface area contributed by atoms with Gasteiger partial charge in [-0.05, 0) is 43.2 Å². The molecule has 6 heteroatoms. The van der Waals surface area contributed by atoms with E-state index in [2.05, 4.69) is 42.9 Å². The maximum atomic E-state index is 14.6. The average molecular weight is 580 g/mol. The van der Waals surface area contributed by atoms with E-state index in [1.165, 1.54) is 12.1 Å². The summed E-state index contributed by atoms with van der Waals surface area (Å²) in [5.41, 5.74) is 4.33. The van der Waals surface area contributed by atoms with Crippen LogP contribution in [0.3, 0.4) is 0 Å². The first-order valence-electron chi connectivity index (χ1n) is 14.1. The molecule has 0 bridgehead atoms. The van der Waals surface area contributed by atoms with E-state index < -0.39 is 11.7 Å². The van der Waals surface area contributed by atoms with Gasteiger partial charge in [-0.2, -0.15) is 0 Å². The Hall–Kier alpha value is -4.24. The summed E-state index contributed by atoms with van der Waals surface area (Å²) in [5.74, 6) is -2.97. The highest BCUT2D eigenvalue weighted by molar-refractivity contribution is 5.84. The van der Waals surface area contributed by atoms with E-state index in [-0.39, 0.29) is 12.1 Å². The molecule has 0 atom stereocenters. The lowest BCUT2D eigenvalue weighted by Gasteiger charge is -2.18. The van der Waals surface area contributed by atoms with Crippen LogP contribution in [0.25, 0.3) is 16.6 Å². The molecule has 0 saturated heterocycles. The molecule has 0 radical (unpaired) electrons. The number of terminal acetylenes is 1. The van der Waals surface area contributed by atoms with Gasteiger partial charge >= 0.3 is 0 Å². The van der Waals surface area contributed by atoms with Gasteiger partial charge in [-0.3, -0.25) is 0 Å². The molecular formula is C36H48F3N3. The first kappa shape index (κ1) is 39.9. The van der Waals surface area contributed by atoms with Gasteiger partial charge in [-0.25, -0.2) is 18.2 Å². The fraction of sp³-hybridized carbons (Fsp3) is 0.306. The zero-order valence-electron chi connectivity index (χ0n) is 26.8. The topological polar surface area (TPSA) is 29.9 Å². The molecule has 1 N–H and O–H groups in total. The van der Waals surface area contributed by atoms with E-state index in [0.717, 1.165) is 18.2 Å². The summed E-state index contributed by atoms with van der Waals surface area (Å²) < 4.78 is 44.9. The van der Waals surface area contributed by atoms with Gasteiger partial charge in [0.15, 0.2) is 0 Å². The number of benzene rings is 3. The number of allylic oxidation sites excluding steroid dienone is 1. The second-order valence-corrected chi connectivity index (χ2v) is 8.16. The van der Waals surface area contributed by atoms with Gasteiger partial charge in [0.05, 0.1) is 17.6 Å². The van der Waals surface area contributed by atoms with Crippen LogP contribution in [0.1, 0.15) is 77.6 Å². The third-order valence-electron chi connectivity index (χ3n) is 5.42. The summed E-state index contributed by atoms with van der Waals surface area (Å²) in [6.07, 6.45) is 8.00. The highest BCUT2D eigenvalue weighted by Crippen LogP contribution is 2.33. The summed E-state index contributed by atoms with van der Waals surface area (Å²) in [6.45, 7) is 26.6. The Kier molecular flexibility index (Phi) is 19.6. The summed E-state index contributed by atoms with van der Waals surface area (Å²) in [6, 6.07) is 17.2. The van der Waals surface area contributed by atoms with Crippen LogP contribution < -0.4 is 5.32 Å². The number of hydrogen-bond donors (Lipinski definition) is 1. The molecular weight excluding hydrogens is 531 g/mol. The van der Waals surface area contributed by atoms with Crippen LogP contribution in [0.15, 0.2) is 80.4 Å². The van der Waals surface area contributed by atoms with Crippen molar-refractivity contribution in [3.8, 4) is 12.8 Å². The van der Waals surface area contributed by atoms with Crippen LogP contribution in [-0.2, 0) is 12.5 Å². The molecule has 4 rings (SSSR count). The second kappa shape index (κ2) is 20.6. The molecule has 0 aliphatic rings. The van der Waals surface area contributed by atoms with Crippen molar-refractivity contribution in [2.24, 2.45) is 0 Å². The number of imidazole rings is 1. The van der Waals surface area contributed by atoms with Crippen molar-refractivity contribution >= 4 is 28.2 Å². The number of rotatable bonds is 6. The van der Waals surface area contributed by atoms with E-state index in [1.54, 1.807) is 35.8 Å². The fourth-order valence-electron chi connectivity index (χ4n) is 3.75. The molecule has 0 fully saturated rings. The Balaban J connectivity index is 0.